The molecule has 7 rings (SSSR count). The maximum absolute atomic E-state index is 13.6. The standard InChI is InChI=1S/C46H51ClN4O5S3/c1-32(42-12-6-7-13-43(42)34-14-18-36(47)19-15-34)33-24-27-51(28-25-33)39-20-16-35(17-21-39)46(52)50-59(55,56)41-22-23-44(45(30-41)58(2,53)54)49-38(29-37-9-8-26-48-37)31-57-40-10-4-3-5-11-40/h3-7,10-23,30,32-33,37-38,48-49H,8-9,24-29,31H2,1-2H3,(H,50,52)/t32-,37+,38-/m1/s1. The average Bonchev–Trinajstić information content (AvgIpc) is 3.76. The lowest BCUT2D eigenvalue weighted by Crippen LogP contribution is -2.35. The number of hydrogen-bond acceptors (Lipinski definition) is 9. The van der Waals surface area contributed by atoms with Crippen molar-refractivity contribution in [2.24, 2.45) is 5.92 Å². The van der Waals surface area contributed by atoms with Crippen molar-refractivity contribution in [3.05, 3.63) is 137 Å². The molecule has 0 aromatic heterocycles. The van der Waals surface area contributed by atoms with Crippen molar-refractivity contribution >= 4 is 60.5 Å². The first-order chi connectivity index (χ1) is 28.3. The molecule has 59 heavy (non-hydrogen) atoms. The Balaban J connectivity index is 0.987. The second kappa shape index (κ2) is 18.9. The Morgan fingerprint density at radius 3 is 2.24 bits per heavy atom. The van der Waals surface area contributed by atoms with Crippen LogP contribution in [0.5, 0.6) is 0 Å². The molecule has 0 radical (unpaired) electrons. The first-order valence-electron chi connectivity index (χ1n) is 20.1. The molecular weight excluding hydrogens is 820 g/mol. The molecule has 2 heterocycles. The third-order valence-corrected chi connectivity index (χ3v) is 15.4. The molecule has 3 N–H and O–H groups in total. The van der Waals surface area contributed by atoms with Gasteiger partial charge >= 0.3 is 0 Å². The normalized spacial score (nSPS) is 17.3. The van der Waals surface area contributed by atoms with Crippen LogP contribution in [0, 0.1) is 5.92 Å². The molecule has 5 aromatic carbocycles. The lowest BCUT2D eigenvalue weighted by molar-refractivity contribution is 0.0981. The minimum Gasteiger partial charge on any atom is -0.380 e. The summed E-state index contributed by atoms with van der Waals surface area (Å²) in [7, 11) is -8.27. The number of rotatable bonds is 15. The zero-order valence-corrected chi connectivity index (χ0v) is 36.5. The van der Waals surface area contributed by atoms with Crippen LogP contribution in [-0.2, 0) is 19.9 Å². The van der Waals surface area contributed by atoms with Gasteiger partial charge in [0.25, 0.3) is 15.9 Å². The van der Waals surface area contributed by atoms with Crippen LogP contribution in [0.4, 0.5) is 11.4 Å². The van der Waals surface area contributed by atoms with E-state index in [1.54, 1.807) is 23.9 Å². The molecule has 9 nitrogen and oxygen atoms in total. The number of piperidine rings is 1. The first-order valence-corrected chi connectivity index (χ1v) is 24.9. The summed E-state index contributed by atoms with van der Waals surface area (Å²) in [6, 6.07) is 37.7. The van der Waals surface area contributed by atoms with Gasteiger partial charge in [-0.3, -0.25) is 4.79 Å². The Labute approximate surface area is 358 Å². The summed E-state index contributed by atoms with van der Waals surface area (Å²) >= 11 is 7.84. The summed E-state index contributed by atoms with van der Waals surface area (Å²) in [5.74, 6) is 0.738. The second-order valence-corrected chi connectivity index (χ2v) is 20.8. The van der Waals surface area contributed by atoms with Crippen molar-refractivity contribution in [3.8, 4) is 11.1 Å². The first kappa shape index (κ1) is 42.8. The van der Waals surface area contributed by atoms with Crippen LogP contribution in [0.15, 0.2) is 136 Å². The van der Waals surface area contributed by atoms with Gasteiger partial charge in [0.15, 0.2) is 9.84 Å². The zero-order valence-electron chi connectivity index (χ0n) is 33.3. The molecule has 0 spiro atoms. The number of halogens is 1. The Bertz CT molecular complexity index is 2440. The van der Waals surface area contributed by atoms with E-state index in [4.69, 9.17) is 11.6 Å². The molecule has 0 saturated carbocycles. The predicted molar refractivity (Wildman–Crippen MR) is 241 cm³/mol. The van der Waals surface area contributed by atoms with Crippen molar-refractivity contribution in [3.63, 3.8) is 0 Å². The van der Waals surface area contributed by atoms with Crippen molar-refractivity contribution in [1.82, 2.24) is 10.0 Å². The lowest BCUT2D eigenvalue weighted by atomic mass is 9.78. The summed E-state index contributed by atoms with van der Waals surface area (Å²) in [4.78, 5) is 16.3. The van der Waals surface area contributed by atoms with E-state index < -0.39 is 25.8 Å². The second-order valence-electron chi connectivity index (χ2n) is 15.6. The minimum absolute atomic E-state index is 0.0976. The fourth-order valence-electron chi connectivity index (χ4n) is 8.26. The Morgan fingerprint density at radius 1 is 0.864 bits per heavy atom. The van der Waals surface area contributed by atoms with Gasteiger partial charge in [-0.25, -0.2) is 21.6 Å². The lowest BCUT2D eigenvalue weighted by Gasteiger charge is -2.37. The number of hydrogen-bond donors (Lipinski definition) is 3. The van der Waals surface area contributed by atoms with E-state index in [9.17, 15) is 21.6 Å². The van der Waals surface area contributed by atoms with E-state index in [1.165, 1.54) is 23.3 Å². The van der Waals surface area contributed by atoms with Gasteiger partial charge in [0.1, 0.15) is 0 Å². The Morgan fingerprint density at radius 2 is 1.56 bits per heavy atom. The van der Waals surface area contributed by atoms with E-state index in [1.807, 2.05) is 54.6 Å². The van der Waals surface area contributed by atoms with Crippen molar-refractivity contribution < 1.29 is 21.6 Å². The highest BCUT2D eigenvalue weighted by molar-refractivity contribution is 7.99. The van der Waals surface area contributed by atoms with Gasteiger partial charge in [-0.05, 0) is 134 Å². The molecule has 0 aliphatic carbocycles. The van der Waals surface area contributed by atoms with Crippen LogP contribution in [0.3, 0.4) is 0 Å². The Kier molecular flexibility index (Phi) is 13.7. The number of sulfonamides is 1. The molecule has 2 aliphatic heterocycles. The molecule has 310 valence electrons. The highest BCUT2D eigenvalue weighted by Crippen LogP contribution is 2.39. The number of anilines is 2. The van der Waals surface area contributed by atoms with Crippen LogP contribution < -0.4 is 20.3 Å². The van der Waals surface area contributed by atoms with Gasteiger partial charge in [0, 0.05) is 58.4 Å². The third kappa shape index (κ3) is 10.9. The van der Waals surface area contributed by atoms with Crippen molar-refractivity contribution in [2.45, 2.75) is 71.7 Å². The number of thioether (sulfide) groups is 1. The molecular formula is C46H51ClN4O5S3. The minimum atomic E-state index is -4.41. The van der Waals surface area contributed by atoms with Gasteiger partial charge in [0.2, 0.25) is 0 Å². The number of carbonyl (C=O) groups excluding carboxylic acids is 1. The summed E-state index contributed by atoms with van der Waals surface area (Å²) < 4.78 is 55.5. The smallest absolute Gasteiger partial charge is 0.264 e. The fraction of sp³-hybridized carbons (Fsp3) is 0.326. The summed E-state index contributed by atoms with van der Waals surface area (Å²) in [5, 5.41) is 7.66. The number of carbonyl (C=O) groups is 1. The van der Waals surface area contributed by atoms with Gasteiger partial charge in [-0.15, -0.1) is 11.8 Å². The zero-order chi connectivity index (χ0) is 41.6. The molecule has 1 amide bonds. The van der Waals surface area contributed by atoms with E-state index in [-0.39, 0.29) is 21.4 Å². The molecule has 13 heteroatoms. The number of nitrogens with one attached hydrogen (secondary N) is 3. The van der Waals surface area contributed by atoms with Gasteiger partial charge < -0.3 is 15.5 Å². The quantitative estimate of drug-likeness (QED) is 0.0884. The number of amides is 1. The number of nitrogens with zero attached hydrogens (tertiary/aromatic N) is 1. The van der Waals surface area contributed by atoms with Crippen LogP contribution in [0.1, 0.15) is 60.9 Å². The molecule has 5 aromatic rings. The van der Waals surface area contributed by atoms with Gasteiger partial charge in [0.05, 0.1) is 15.5 Å². The largest absolute Gasteiger partial charge is 0.380 e. The fourth-order valence-corrected chi connectivity index (χ4v) is 11.3. The van der Waals surface area contributed by atoms with E-state index in [2.05, 4.69) is 63.6 Å². The van der Waals surface area contributed by atoms with E-state index >= 15 is 0 Å². The summed E-state index contributed by atoms with van der Waals surface area (Å²) in [5.41, 5.74) is 5.17. The van der Waals surface area contributed by atoms with Crippen molar-refractivity contribution in [1.29, 1.82) is 0 Å². The SMILES string of the molecule is C[C@@H](c1ccccc1-c1ccc(Cl)cc1)C1CCN(c2ccc(C(=O)NS(=O)(=O)c3ccc(N[C@@H](CSc4ccccc4)C[C@@H]4CCCN4)c(S(C)(=O)=O)c3)cc2)CC1. The molecule has 3 atom stereocenters. The van der Waals surface area contributed by atoms with E-state index in [0.717, 1.165) is 85.2 Å². The average molecular weight is 872 g/mol. The highest BCUT2D eigenvalue weighted by Gasteiger charge is 2.28. The topological polar surface area (TPSA) is 125 Å². The number of sulfone groups is 1. The van der Waals surface area contributed by atoms with Gasteiger partial charge in [-0.2, -0.15) is 0 Å². The molecule has 2 aliphatic rings. The molecule has 2 fully saturated rings. The van der Waals surface area contributed by atoms with E-state index in [0.29, 0.717) is 29.3 Å². The van der Waals surface area contributed by atoms with Crippen LogP contribution in [-0.4, -0.2) is 66.5 Å². The maximum atomic E-state index is 13.6. The van der Waals surface area contributed by atoms with Crippen LogP contribution >= 0.6 is 23.4 Å². The predicted octanol–water partition coefficient (Wildman–Crippen LogP) is 9.26. The number of benzene rings is 5. The monoisotopic (exact) mass is 870 g/mol. The third-order valence-electron chi connectivity index (χ3n) is 11.5. The van der Waals surface area contributed by atoms with Gasteiger partial charge in [-0.1, -0.05) is 73.1 Å². The van der Waals surface area contributed by atoms with Crippen molar-refractivity contribution in [2.75, 3.05) is 41.9 Å². The van der Waals surface area contributed by atoms with Crippen LogP contribution in [0.25, 0.3) is 11.1 Å². The summed E-state index contributed by atoms with van der Waals surface area (Å²) in [6.45, 7) is 4.97. The molecule has 0 unspecified atom stereocenters. The van der Waals surface area contributed by atoms with Crippen LogP contribution in [0.2, 0.25) is 5.02 Å². The highest BCUT2D eigenvalue weighted by atomic mass is 35.5. The molecule has 2 saturated heterocycles. The summed E-state index contributed by atoms with van der Waals surface area (Å²) in [6.07, 6.45) is 5.96. The Hall–Kier alpha value is -4.33. The maximum Gasteiger partial charge on any atom is 0.264 e. The molecule has 0 bridgehead atoms.